The molecule has 0 bridgehead atoms. The molecule has 4 aromatic carbocycles. The fraction of sp³-hybridized carbons (Fsp3) is 0.500. The number of rotatable bonds is 24. The van der Waals surface area contributed by atoms with Gasteiger partial charge in [-0.1, -0.05) is 311 Å². The standard InChI is InChI=1S/2C14H25N3Si.2C13H24N2Si2.6CH3.8ClH.2Ti.2V/c2*1-17(2)12-11-15-14(16-18(3,4)5)13-9-7-6-8-10-13;2*1-16(2,3)14-13(15-17(4,5)6)12-10-8-7-9-11-12;;;;;;;;;;;;;;;;;;/h2*6-10,14H,11-12H2,1-5H3;2*7-11,13H,1-6H3;6*1H3;8*1H;;;;/q4*-2;6*-1;;;;;;;;;2*+6;2*+2/p-8. The van der Waals surface area contributed by atoms with Crippen molar-refractivity contribution < 1.29 is 62.8 Å². The molecule has 0 fully saturated rings. The van der Waals surface area contributed by atoms with Gasteiger partial charge in [0, 0.05) is 0 Å². The summed E-state index contributed by atoms with van der Waals surface area (Å²) in [7, 11) is 38.6. The molecule has 4 aromatic rings. The van der Waals surface area contributed by atoms with Crippen LogP contribution >= 0.6 is 76.6 Å². The van der Waals surface area contributed by atoms with Crippen molar-refractivity contribution in [1.82, 2.24) is 9.80 Å². The van der Waals surface area contributed by atoms with Crippen LogP contribution in [-0.4, -0.2) is 114 Å². The van der Waals surface area contributed by atoms with Crippen LogP contribution < -0.4 is 0 Å². The van der Waals surface area contributed by atoms with Gasteiger partial charge in [-0.05, 0) is 41.3 Å². The molecule has 510 valence electrons. The maximum atomic E-state index is 4.97. The summed E-state index contributed by atoms with van der Waals surface area (Å²) in [6.45, 7) is 44.3. The summed E-state index contributed by atoms with van der Waals surface area (Å²) in [6, 6.07) is 41.7. The number of nitrogens with zero attached hydrogens (tertiary/aromatic N) is 10. The molecule has 0 radical (unpaired) electrons. The van der Waals surface area contributed by atoms with E-state index in [2.05, 4.69) is 253 Å². The van der Waals surface area contributed by atoms with Gasteiger partial charge in [-0.25, -0.2) is 24.7 Å². The van der Waals surface area contributed by atoms with Crippen LogP contribution in [0.4, 0.5) is 0 Å². The zero-order valence-corrected chi connectivity index (χ0v) is 77.0. The molecule has 2 unspecified atom stereocenters. The Morgan fingerprint density at radius 1 is 0.318 bits per heavy atom. The minimum atomic E-state index is -1.46. The molecule has 10 nitrogen and oxygen atoms in total. The molecule has 0 amide bonds. The molecule has 0 aliphatic rings. The fourth-order valence-electron chi connectivity index (χ4n) is 6.26. The van der Waals surface area contributed by atoms with Crippen molar-refractivity contribution in [2.24, 2.45) is 0 Å². The van der Waals surface area contributed by atoms with Crippen LogP contribution in [0, 0.1) is 44.6 Å². The van der Waals surface area contributed by atoms with Crippen molar-refractivity contribution in [2.75, 3.05) is 54.4 Å². The Balaban J connectivity index is -0.000000106. The molecule has 0 saturated heterocycles. The third-order valence-corrected chi connectivity index (χ3v) is 15.3. The van der Waals surface area contributed by atoms with E-state index in [1.165, 1.54) is 22.3 Å². The summed E-state index contributed by atoms with van der Waals surface area (Å²) in [5, 5.41) is 9.49. The predicted molar refractivity (Wildman–Crippen MR) is 416 cm³/mol. The van der Waals surface area contributed by atoms with Gasteiger partial charge in [0.15, 0.2) is 0 Å². The second-order valence-electron chi connectivity index (χ2n) is 24.6. The average molecular weight is 1630 g/mol. The van der Waals surface area contributed by atoms with E-state index >= 15 is 0 Å². The van der Waals surface area contributed by atoms with Crippen LogP contribution in [0.1, 0.15) is 46.9 Å². The van der Waals surface area contributed by atoms with Crippen LogP contribution in [0.3, 0.4) is 0 Å². The molecule has 2 atom stereocenters. The Morgan fingerprint density at radius 2 is 0.455 bits per heavy atom. The van der Waals surface area contributed by atoms with Crippen LogP contribution in [0.25, 0.3) is 40.5 Å². The SMILES string of the molecule is CN(C)CC[N-]C([N-][Si](C)(C)C)c1ccccc1.CN(C)CC[N-]C([N-][Si](C)(C)C)c1ccccc1.C[Si](C)(C)[N-]C([N-][Si](C)(C)C)c1ccccc1.C[Si](C)(C)[N-]C([N-][Si](C)(C)C)c1ccccc1.[CH3-].[CH3-].[CH3-].[CH3-].[CH3-].[CH3-].[Cl][Ti+4][Cl].[Cl][Ti+4][Cl].[Cl][V][Cl].[Cl][V][Cl]. The molecule has 88 heavy (non-hydrogen) atoms. The number of hydrogen-bond acceptors (Lipinski definition) is 2. The van der Waals surface area contributed by atoms with E-state index in [9.17, 15) is 0 Å². The minimum absolute atomic E-state index is 0. The molecular weight excluding hydrogens is 1510 g/mol. The summed E-state index contributed by atoms with van der Waals surface area (Å²) < 4.78 is 0. The van der Waals surface area contributed by atoms with Crippen molar-refractivity contribution in [3.05, 3.63) is 229 Å². The third kappa shape index (κ3) is 79.4. The van der Waals surface area contributed by atoms with Crippen molar-refractivity contribution in [3.8, 4) is 0 Å². The van der Waals surface area contributed by atoms with Gasteiger partial charge in [0.1, 0.15) is 0 Å². The fourth-order valence-corrected chi connectivity index (χ4v) is 12.2. The van der Waals surface area contributed by atoms with E-state index in [1.54, 1.807) is 0 Å². The normalized spacial score (nSPS) is 11.6. The Kier molecular flexibility index (Phi) is 82.0. The number of halogens is 8. The molecule has 0 spiro atoms. The molecule has 0 aromatic heterocycles. The Bertz CT molecular complexity index is 1860. The quantitative estimate of drug-likeness (QED) is 0.0513. The summed E-state index contributed by atoms with van der Waals surface area (Å²) in [5.74, 6) is 0. The second kappa shape index (κ2) is 64.4. The summed E-state index contributed by atoms with van der Waals surface area (Å²) in [4.78, 5) is 34.1. The Morgan fingerprint density at radius 3 is 0.591 bits per heavy atom. The first-order valence-electron chi connectivity index (χ1n) is 26.7. The summed E-state index contributed by atoms with van der Waals surface area (Å²) in [5.41, 5.74) is 4.88. The molecule has 0 aliphatic carbocycles. The van der Waals surface area contributed by atoms with Crippen molar-refractivity contribution in [2.45, 2.75) is 143 Å². The van der Waals surface area contributed by atoms with E-state index in [0.717, 1.165) is 26.2 Å². The number of hydrogen-bond donors (Lipinski definition) is 0. The van der Waals surface area contributed by atoms with Gasteiger partial charge in [0.05, 0.1) is 0 Å². The first-order valence-corrected chi connectivity index (χ1v) is 63.7. The molecule has 0 N–H and O–H groups in total. The van der Waals surface area contributed by atoms with Crippen molar-refractivity contribution in [3.63, 3.8) is 0 Å². The number of likely N-dealkylation sites (N-methyl/N-ethyl adjacent to an activating group) is 2. The van der Waals surface area contributed by atoms with E-state index in [1.807, 2.05) is 24.3 Å². The van der Waals surface area contributed by atoms with Gasteiger partial charge in [-0.15, -0.1) is 13.1 Å². The Hall–Kier alpha value is 2.70. The van der Waals surface area contributed by atoms with Crippen LogP contribution in [0.5, 0.6) is 0 Å². The summed E-state index contributed by atoms with van der Waals surface area (Å²) >= 11 is -1.85. The third-order valence-electron chi connectivity index (χ3n) is 9.15. The monoisotopic (exact) mass is 1620 g/mol. The molecule has 28 heteroatoms. The van der Waals surface area contributed by atoms with Crippen molar-refractivity contribution in [1.29, 1.82) is 0 Å². The molecule has 0 heterocycles. The topological polar surface area (TPSA) is 119 Å². The molecule has 0 aliphatic heterocycles. The van der Waals surface area contributed by atoms with E-state index < -0.39 is 83.5 Å². The second-order valence-corrected chi connectivity index (χ2v) is 62.0. The maximum absolute atomic E-state index is 4.97. The van der Waals surface area contributed by atoms with Crippen LogP contribution in [0.2, 0.25) is 118 Å². The van der Waals surface area contributed by atoms with Gasteiger partial charge >= 0.3 is 139 Å². The number of benzene rings is 4. The summed E-state index contributed by atoms with van der Waals surface area (Å²) in [6.07, 6.45) is 0.125. The van der Waals surface area contributed by atoms with Gasteiger partial charge in [-0.3, -0.25) is 0 Å². The van der Waals surface area contributed by atoms with Gasteiger partial charge < -0.3 is 94.9 Å². The average Bonchev–Trinajstić information content (AvgIpc) is 3.33. The van der Waals surface area contributed by atoms with Crippen LogP contribution in [0.15, 0.2) is 121 Å². The predicted octanol–water partition coefficient (Wildman–Crippen LogP) is 26.1. The van der Waals surface area contributed by atoms with E-state index in [4.69, 9.17) is 117 Å². The zero-order chi connectivity index (χ0) is 64.2. The van der Waals surface area contributed by atoms with Gasteiger partial charge in [-0.2, -0.15) is 0 Å². The Labute approximate surface area is 616 Å². The van der Waals surface area contributed by atoms with Gasteiger partial charge in [0.25, 0.3) is 0 Å². The van der Waals surface area contributed by atoms with E-state index in [0.29, 0.717) is 0 Å². The molecule has 0 saturated carbocycles. The molecule has 4 rings (SSSR count). The first kappa shape index (κ1) is 112. The molecular formula is C60H116Cl8N10Si6Ti2V2-6. The first-order chi connectivity index (χ1) is 37.8. The van der Waals surface area contributed by atoms with Crippen molar-refractivity contribution >= 4 is 126 Å². The van der Waals surface area contributed by atoms with E-state index in [-0.39, 0.29) is 98.0 Å². The van der Waals surface area contributed by atoms with Gasteiger partial charge in [0.2, 0.25) is 0 Å². The zero-order valence-electron chi connectivity index (χ0n) is 59.1. The van der Waals surface area contributed by atoms with Crippen LogP contribution in [-0.2, 0) is 62.8 Å².